The van der Waals surface area contributed by atoms with Crippen LogP contribution in [0.2, 0.25) is 0 Å². The number of phosphoric ester groups is 1. The number of aliphatic hydroxyl groups is 3. The van der Waals surface area contributed by atoms with E-state index in [9.17, 15) is 29.5 Å². The molecule has 0 amide bonds. The Bertz CT molecular complexity index is 1010. The van der Waals surface area contributed by atoms with Crippen LogP contribution in [0.25, 0.3) is 0 Å². The third-order valence-electron chi connectivity index (χ3n) is 9.79. The molecule has 0 aliphatic heterocycles. The Morgan fingerprint density at radius 2 is 1.29 bits per heavy atom. The van der Waals surface area contributed by atoms with Crippen molar-refractivity contribution in [1.82, 2.24) is 0 Å². The van der Waals surface area contributed by atoms with Crippen molar-refractivity contribution in [3.63, 3.8) is 0 Å². The summed E-state index contributed by atoms with van der Waals surface area (Å²) in [5, 5.41) is 31.2. The molecule has 6 atom stereocenters. The Labute approximate surface area is 314 Å². The molecule has 304 valence electrons. The molecule has 1 rings (SSSR count). The highest BCUT2D eigenvalue weighted by molar-refractivity contribution is 7.46. The van der Waals surface area contributed by atoms with Crippen LogP contribution in [0.4, 0.5) is 0 Å². The zero-order valence-electron chi connectivity index (χ0n) is 32.3. The fraction of sp³-hybridized carbons (Fsp3) is 0.850. The minimum absolute atomic E-state index is 0.0375. The summed E-state index contributed by atoms with van der Waals surface area (Å²) in [5.74, 6) is -1.49. The molecular formula is C40H73O11P. The van der Waals surface area contributed by atoms with Gasteiger partial charge in [-0.3, -0.25) is 14.1 Å². The van der Waals surface area contributed by atoms with Crippen molar-refractivity contribution in [2.45, 2.75) is 192 Å². The van der Waals surface area contributed by atoms with Gasteiger partial charge in [-0.25, -0.2) is 4.57 Å². The third kappa shape index (κ3) is 26.2. The first-order valence-corrected chi connectivity index (χ1v) is 21.9. The van der Waals surface area contributed by atoms with Crippen molar-refractivity contribution in [2.75, 3.05) is 13.2 Å². The first-order chi connectivity index (χ1) is 25.0. The molecule has 0 aromatic heterocycles. The Morgan fingerprint density at radius 1 is 0.731 bits per heavy atom. The van der Waals surface area contributed by atoms with E-state index in [2.05, 4.69) is 18.4 Å². The molecule has 52 heavy (non-hydrogen) atoms. The number of esters is 2. The summed E-state index contributed by atoms with van der Waals surface area (Å²) >= 11 is 0. The molecule has 0 aromatic rings. The SMILES string of the molecule is CCCCCCCCCCCCCCCCC(=O)OC[C@H](COP(=O)(O)O)OC(=O)CCC/C=C/C[C@@H]1[C@@H](/C=C/[C@@H](O)CCCCC)[C@H](O)C[C@@H]1O. The number of rotatable bonds is 33. The monoisotopic (exact) mass is 760 g/mol. The fourth-order valence-electron chi connectivity index (χ4n) is 6.66. The van der Waals surface area contributed by atoms with E-state index in [0.29, 0.717) is 32.1 Å². The van der Waals surface area contributed by atoms with E-state index in [0.717, 1.165) is 38.5 Å². The summed E-state index contributed by atoms with van der Waals surface area (Å²) in [6, 6.07) is 0. The van der Waals surface area contributed by atoms with Crippen molar-refractivity contribution in [3.8, 4) is 0 Å². The molecule has 0 heterocycles. The zero-order chi connectivity index (χ0) is 38.5. The van der Waals surface area contributed by atoms with Crippen LogP contribution in [0.3, 0.4) is 0 Å². The minimum atomic E-state index is -4.82. The van der Waals surface area contributed by atoms with Gasteiger partial charge in [0.15, 0.2) is 6.10 Å². The van der Waals surface area contributed by atoms with Gasteiger partial charge in [0.2, 0.25) is 0 Å². The Balaban J connectivity index is 2.32. The zero-order valence-corrected chi connectivity index (χ0v) is 33.2. The number of ether oxygens (including phenoxy) is 2. The summed E-state index contributed by atoms with van der Waals surface area (Å²) in [7, 11) is -4.82. The summed E-state index contributed by atoms with van der Waals surface area (Å²) in [6.07, 6.45) is 27.1. The summed E-state index contributed by atoms with van der Waals surface area (Å²) in [5.41, 5.74) is 0. The number of carbonyl (C=O) groups is 2. The van der Waals surface area contributed by atoms with Crippen molar-refractivity contribution < 1.29 is 53.3 Å². The largest absolute Gasteiger partial charge is 0.469 e. The predicted molar refractivity (Wildman–Crippen MR) is 204 cm³/mol. The fourth-order valence-corrected chi connectivity index (χ4v) is 7.02. The van der Waals surface area contributed by atoms with Crippen molar-refractivity contribution in [1.29, 1.82) is 0 Å². The van der Waals surface area contributed by atoms with E-state index in [1.165, 1.54) is 64.2 Å². The number of hydrogen-bond donors (Lipinski definition) is 5. The maximum absolute atomic E-state index is 12.5. The van der Waals surface area contributed by atoms with E-state index in [-0.39, 0.29) is 37.7 Å². The number of carbonyl (C=O) groups excluding carboxylic acids is 2. The molecule has 0 spiro atoms. The number of allylic oxidation sites excluding steroid dienone is 2. The van der Waals surface area contributed by atoms with Gasteiger partial charge in [0, 0.05) is 25.2 Å². The van der Waals surface area contributed by atoms with E-state index in [1.807, 2.05) is 18.2 Å². The van der Waals surface area contributed by atoms with Crippen LogP contribution < -0.4 is 0 Å². The van der Waals surface area contributed by atoms with E-state index >= 15 is 0 Å². The lowest BCUT2D eigenvalue weighted by molar-refractivity contribution is -0.161. The second-order valence-corrected chi connectivity index (χ2v) is 15.8. The Kier molecular flexibility index (Phi) is 28.6. The number of phosphoric acid groups is 1. The number of unbranched alkanes of at least 4 members (excludes halogenated alkanes) is 16. The third-order valence-corrected chi connectivity index (χ3v) is 10.3. The lowest BCUT2D eigenvalue weighted by Gasteiger charge is -2.19. The topological polar surface area (TPSA) is 180 Å². The van der Waals surface area contributed by atoms with Crippen LogP contribution >= 0.6 is 7.82 Å². The summed E-state index contributed by atoms with van der Waals surface area (Å²) < 4.78 is 26.3. The Hall–Kier alpha value is -1.59. The van der Waals surface area contributed by atoms with Crippen molar-refractivity contribution in [2.24, 2.45) is 11.8 Å². The molecule has 0 unspecified atom stereocenters. The minimum Gasteiger partial charge on any atom is -0.462 e. The second-order valence-electron chi connectivity index (χ2n) is 14.6. The highest BCUT2D eigenvalue weighted by Crippen LogP contribution is 2.37. The van der Waals surface area contributed by atoms with Gasteiger partial charge in [-0.2, -0.15) is 0 Å². The molecule has 12 heteroatoms. The van der Waals surface area contributed by atoms with Crippen molar-refractivity contribution >= 4 is 19.8 Å². The molecule has 1 aliphatic rings. The van der Waals surface area contributed by atoms with Gasteiger partial charge in [-0.05, 0) is 38.0 Å². The lowest BCUT2D eigenvalue weighted by Crippen LogP contribution is -2.29. The van der Waals surface area contributed by atoms with Crippen LogP contribution in [-0.2, 0) is 28.2 Å². The molecule has 5 N–H and O–H groups in total. The maximum Gasteiger partial charge on any atom is 0.469 e. The van der Waals surface area contributed by atoms with Crippen LogP contribution in [0.5, 0.6) is 0 Å². The maximum atomic E-state index is 12.5. The average molecular weight is 761 g/mol. The molecule has 0 bridgehead atoms. The number of aliphatic hydroxyl groups excluding tert-OH is 3. The Morgan fingerprint density at radius 3 is 1.88 bits per heavy atom. The van der Waals surface area contributed by atoms with E-state index in [4.69, 9.17) is 19.3 Å². The first-order valence-electron chi connectivity index (χ1n) is 20.4. The molecule has 0 aromatic carbocycles. The van der Waals surface area contributed by atoms with Gasteiger partial charge in [0.05, 0.1) is 24.9 Å². The number of hydrogen-bond acceptors (Lipinski definition) is 9. The van der Waals surface area contributed by atoms with Crippen LogP contribution in [0, 0.1) is 11.8 Å². The summed E-state index contributed by atoms with van der Waals surface area (Å²) in [6.45, 7) is 3.38. The second kappa shape index (κ2) is 30.7. The standard InChI is InChI=1S/C40H73O11P/c1-3-5-7-8-9-10-11-12-13-14-15-16-17-22-26-39(44)49-31-34(32-50-52(46,47)48)51-40(45)27-23-19-18-21-25-35-36(38(43)30-37(35)42)29-28-33(41)24-20-6-4-2/h18,21,28-29,33-38,41-43H,3-17,19-20,22-27,30-32H2,1-2H3,(H2,46,47,48)/b21-18+,29-28+/t33-,34+,35+,36+,37-,38+/m0/s1. The van der Waals surface area contributed by atoms with E-state index < -0.39 is 50.8 Å². The van der Waals surface area contributed by atoms with Crippen LogP contribution in [-0.4, -0.2) is 74.7 Å². The van der Waals surface area contributed by atoms with E-state index in [1.54, 1.807) is 6.08 Å². The van der Waals surface area contributed by atoms with Crippen LogP contribution in [0.1, 0.15) is 168 Å². The predicted octanol–water partition coefficient (Wildman–Crippen LogP) is 8.39. The lowest BCUT2D eigenvalue weighted by atomic mass is 9.89. The highest BCUT2D eigenvalue weighted by Gasteiger charge is 2.39. The molecule has 1 aliphatic carbocycles. The molecule has 1 fully saturated rings. The van der Waals surface area contributed by atoms with Gasteiger partial charge < -0.3 is 34.6 Å². The van der Waals surface area contributed by atoms with Crippen LogP contribution in [0.15, 0.2) is 24.3 Å². The van der Waals surface area contributed by atoms with Gasteiger partial charge in [0.1, 0.15) is 6.61 Å². The van der Waals surface area contributed by atoms with Crippen molar-refractivity contribution in [3.05, 3.63) is 24.3 Å². The summed E-state index contributed by atoms with van der Waals surface area (Å²) in [4.78, 5) is 43.0. The molecule has 11 nitrogen and oxygen atoms in total. The highest BCUT2D eigenvalue weighted by atomic mass is 31.2. The quantitative estimate of drug-likeness (QED) is 0.0188. The smallest absolute Gasteiger partial charge is 0.462 e. The normalized spacial score (nSPS) is 20.5. The molecular weight excluding hydrogens is 687 g/mol. The van der Waals surface area contributed by atoms with Gasteiger partial charge >= 0.3 is 19.8 Å². The molecule has 0 radical (unpaired) electrons. The van der Waals surface area contributed by atoms with Gasteiger partial charge in [-0.1, -0.05) is 141 Å². The van der Waals surface area contributed by atoms with Gasteiger partial charge in [0.25, 0.3) is 0 Å². The van der Waals surface area contributed by atoms with Gasteiger partial charge in [-0.15, -0.1) is 0 Å². The molecule has 0 saturated heterocycles. The molecule has 1 saturated carbocycles. The average Bonchev–Trinajstić information content (AvgIpc) is 3.37. The first kappa shape index (κ1) is 48.4.